The second-order valence-electron chi connectivity index (χ2n) is 13.6. The minimum Gasteiger partial charge on any atom is -0.382 e. The fourth-order valence-corrected chi connectivity index (χ4v) is 6.27. The van der Waals surface area contributed by atoms with Gasteiger partial charge >= 0.3 is 0 Å². The highest BCUT2D eigenvalue weighted by molar-refractivity contribution is 6.05. The summed E-state index contributed by atoms with van der Waals surface area (Å²) < 4.78 is 0. The normalized spacial score (nSPS) is 12.7. The largest absolute Gasteiger partial charge is 0.382 e. The number of fused-ring (bicyclic) bond motifs is 2. The number of nitrogens with one attached hydrogen (secondary N) is 4. The first-order chi connectivity index (χ1) is 29.8. The first kappa shape index (κ1) is 41.5. The number of hydrogen-bond donors (Lipinski definition) is 6. The molecule has 2 unspecified atom stereocenters. The maximum atomic E-state index is 13.4. The third kappa shape index (κ3) is 9.47. The summed E-state index contributed by atoms with van der Waals surface area (Å²) in [6.45, 7) is 0. The van der Waals surface area contributed by atoms with Crippen molar-refractivity contribution >= 4 is 56.7 Å². The smallest absolute Gasteiger partial charge is 0.276 e. The molecule has 0 bridgehead atoms. The summed E-state index contributed by atoms with van der Waals surface area (Å²) >= 11 is 0. The van der Waals surface area contributed by atoms with Gasteiger partial charge in [0.15, 0.2) is 11.4 Å². The number of carbonyl (C=O) groups is 2. The van der Waals surface area contributed by atoms with Crippen molar-refractivity contribution in [3.8, 4) is 0 Å². The van der Waals surface area contributed by atoms with Gasteiger partial charge in [0.2, 0.25) is 11.8 Å². The number of H-pyrrole nitrogens is 2. The van der Waals surface area contributed by atoms with Crippen LogP contribution in [0.1, 0.15) is 45.8 Å². The summed E-state index contributed by atoms with van der Waals surface area (Å²) in [5.74, 6) is -1.18. The van der Waals surface area contributed by atoms with Crippen LogP contribution in [0.3, 0.4) is 0 Å². The molecule has 62 heavy (non-hydrogen) atoms. The van der Waals surface area contributed by atoms with Crippen molar-refractivity contribution in [1.29, 1.82) is 0 Å². The lowest BCUT2D eigenvalue weighted by atomic mass is 9.97. The third-order valence-electron chi connectivity index (χ3n) is 9.36. The molecular formula is C42H32N10O10. The number of hydrazone groups is 2. The number of aromatic amines is 2. The Morgan fingerprint density at radius 1 is 0.597 bits per heavy atom. The van der Waals surface area contributed by atoms with Crippen molar-refractivity contribution in [3.05, 3.63) is 196 Å². The van der Waals surface area contributed by atoms with Gasteiger partial charge < -0.3 is 20.2 Å². The van der Waals surface area contributed by atoms with E-state index >= 15 is 0 Å². The standard InChI is InChI=1S/C42H32N10O10/c53-33(19-23-7-3-1-4-8-23)47-49-35(37-41(57)45-31-21-27(51(59)60)15-17-29(31)43-37)39(55)25-11-13-26(14-12-25)40(56)36(50-48-34(54)20-24-9-5-2-6-10-24)38-42(58)46-32-22-28(52(61)62)16-18-30(32)44-38/h1-18,21-22,39-40,55-56H,19-20H2,(H,45,57)(H,46,58)(H,47,53)(H,48,54)/b49-35-,50-36+. The fourth-order valence-electron chi connectivity index (χ4n) is 6.27. The zero-order valence-electron chi connectivity index (χ0n) is 32.0. The number of aromatic nitrogens is 4. The molecule has 7 rings (SSSR count). The molecule has 0 saturated heterocycles. The van der Waals surface area contributed by atoms with Gasteiger partial charge in [-0.1, -0.05) is 84.9 Å². The van der Waals surface area contributed by atoms with Gasteiger partial charge in [-0.2, -0.15) is 10.2 Å². The summed E-state index contributed by atoms with van der Waals surface area (Å²) in [5, 5.41) is 54.4. The molecule has 310 valence electrons. The van der Waals surface area contributed by atoms with Crippen LogP contribution in [0.15, 0.2) is 141 Å². The lowest BCUT2D eigenvalue weighted by molar-refractivity contribution is -0.384. The molecule has 5 aromatic carbocycles. The number of nitrogens with zero attached hydrogens (tertiary/aromatic N) is 6. The fraction of sp³-hybridized carbons (Fsp3) is 0.0952. The monoisotopic (exact) mass is 836 g/mol. The second kappa shape index (κ2) is 18.1. The summed E-state index contributed by atoms with van der Waals surface area (Å²) in [6, 6.07) is 30.0. The molecule has 20 nitrogen and oxygen atoms in total. The zero-order chi connectivity index (χ0) is 43.9. The van der Waals surface area contributed by atoms with Crippen LogP contribution < -0.4 is 22.0 Å². The van der Waals surface area contributed by atoms with E-state index in [1.165, 1.54) is 48.5 Å². The van der Waals surface area contributed by atoms with Crippen molar-refractivity contribution < 1.29 is 29.6 Å². The second-order valence-corrected chi connectivity index (χ2v) is 13.6. The van der Waals surface area contributed by atoms with Crippen molar-refractivity contribution in [1.82, 2.24) is 30.8 Å². The molecule has 0 fully saturated rings. The van der Waals surface area contributed by atoms with Gasteiger partial charge in [0, 0.05) is 24.3 Å². The SMILES string of the molecule is O=C(Cc1ccccc1)N/N=C(/c1nc2ccc([N+](=O)[O-])cc2[nH]c1=O)C(O)c1ccc(C(O)/C(=N/NC(=O)Cc2ccccc2)c2nc3ccc([N+](=O)[O-])cc3[nH]c2=O)cc1. The van der Waals surface area contributed by atoms with Crippen LogP contribution >= 0.6 is 0 Å². The van der Waals surface area contributed by atoms with Crippen LogP contribution in [0.25, 0.3) is 22.1 Å². The number of aliphatic hydroxyl groups excluding tert-OH is 2. The molecule has 0 aliphatic rings. The highest BCUT2D eigenvalue weighted by Crippen LogP contribution is 2.25. The molecular weight excluding hydrogens is 805 g/mol. The minimum atomic E-state index is -1.75. The quantitative estimate of drug-likeness (QED) is 0.0521. The molecule has 2 amide bonds. The molecule has 0 aliphatic carbocycles. The predicted octanol–water partition coefficient (Wildman–Crippen LogP) is 3.57. The van der Waals surface area contributed by atoms with Gasteiger partial charge in [-0.25, -0.2) is 20.8 Å². The third-order valence-corrected chi connectivity index (χ3v) is 9.36. The Morgan fingerprint density at radius 2 is 0.968 bits per heavy atom. The van der Waals surface area contributed by atoms with Crippen LogP contribution in [0, 0.1) is 20.2 Å². The van der Waals surface area contributed by atoms with E-state index < -0.39 is 67.8 Å². The maximum absolute atomic E-state index is 13.4. The van der Waals surface area contributed by atoms with E-state index in [0.717, 1.165) is 12.1 Å². The summed E-state index contributed by atoms with van der Waals surface area (Å²) in [4.78, 5) is 87.8. The lowest BCUT2D eigenvalue weighted by Gasteiger charge is -2.17. The van der Waals surface area contributed by atoms with E-state index in [1.807, 2.05) is 0 Å². The van der Waals surface area contributed by atoms with Gasteiger partial charge in [0.1, 0.15) is 23.6 Å². The van der Waals surface area contributed by atoms with Crippen molar-refractivity contribution in [2.75, 3.05) is 0 Å². The van der Waals surface area contributed by atoms with Crippen LogP contribution in [-0.4, -0.2) is 63.2 Å². The Hall–Kier alpha value is -8.62. The van der Waals surface area contributed by atoms with Gasteiger partial charge in [0.25, 0.3) is 22.5 Å². The summed E-state index contributed by atoms with van der Waals surface area (Å²) in [6.07, 6.45) is -3.70. The number of benzene rings is 5. The predicted molar refractivity (Wildman–Crippen MR) is 224 cm³/mol. The number of aliphatic hydroxyl groups is 2. The molecule has 2 heterocycles. The summed E-state index contributed by atoms with van der Waals surface area (Å²) in [7, 11) is 0. The molecule has 0 saturated carbocycles. The molecule has 6 N–H and O–H groups in total. The molecule has 2 aromatic heterocycles. The Labute approximate surface area is 347 Å². The molecule has 0 spiro atoms. The van der Waals surface area contributed by atoms with Crippen LogP contribution in [-0.2, 0) is 22.4 Å². The molecule has 20 heteroatoms. The number of nitro benzene ring substituents is 2. The van der Waals surface area contributed by atoms with Gasteiger partial charge in [-0.15, -0.1) is 0 Å². The number of hydrogen-bond acceptors (Lipinski definition) is 14. The number of amides is 2. The highest BCUT2D eigenvalue weighted by atomic mass is 16.6. The van der Waals surface area contributed by atoms with Crippen LogP contribution in [0.5, 0.6) is 0 Å². The number of nitro groups is 2. The van der Waals surface area contributed by atoms with Gasteiger partial charge in [0.05, 0.1) is 44.8 Å². The Morgan fingerprint density at radius 3 is 1.32 bits per heavy atom. The van der Waals surface area contributed by atoms with Crippen molar-refractivity contribution in [2.24, 2.45) is 10.2 Å². The zero-order valence-corrected chi connectivity index (χ0v) is 32.0. The topological polar surface area (TPSA) is 301 Å². The first-order valence-electron chi connectivity index (χ1n) is 18.5. The molecule has 0 aliphatic heterocycles. The number of carbonyl (C=O) groups excluding carboxylic acids is 2. The minimum absolute atomic E-state index is 0.0306. The van der Waals surface area contributed by atoms with Crippen LogP contribution in [0.2, 0.25) is 0 Å². The first-order valence-corrected chi connectivity index (χ1v) is 18.5. The van der Waals surface area contributed by atoms with Gasteiger partial charge in [-0.05, 0) is 34.4 Å². The van der Waals surface area contributed by atoms with E-state index in [2.05, 4.69) is 41.0 Å². The molecule has 2 atom stereocenters. The van der Waals surface area contributed by atoms with E-state index in [1.54, 1.807) is 60.7 Å². The Bertz CT molecular complexity index is 2840. The maximum Gasteiger partial charge on any atom is 0.276 e. The van der Waals surface area contributed by atoms with E-state index in [4.69, 9.17) is 0 Å². The van der Waals surface area contributed by atoms with Crippen molar-refractivity contribution in [2.45, 2.75) is 25.0 Å². The Kier molecular flexibility index (Phi) is 12.1. The van der Waals surface area contributed by atoms with Crippen molar-refractivity contribution in [3.63, 3.8) is 0 Å². The molecule has 0 radical (unpaired) electrons. The Balaban J connectivity index is 1.23. The number of non-ortho nitro benzene ring substituents is 2. The highest BCUT2D eigenvalue weighted by Gasteiger charge is 2.27. The average molecular weight is 837 g/mol. The lowest BCUT2D eigenvalue weighted by Crippen LogP contribution is -2.30. The average Bonchev–Trinajstić information content (AvgIpc) is 3.26. The van der Waals surface area contributed by atoms with E-state index in [0.29, 0.717) is 11.1 Å². The summed E-state index contributed by atoms with van der Waals surface area (Å²) in [5.41, 5.74) is 2.42. The van der Waals surface area contributed by atoms with Crippen LogP contribution in [0.4, 0.5) is 11.4 Å². The van der Waals surface area contributed by atoms with E-state index in [-0.39, 0.29) is 57.4 Å². The van der Waals surface area contributed by atoms with E-state index in [9.17, 15) is 49.6 Å². The molecule has 7 aromatic rings. The number of rotatable bonds is 14. The van der Waals surface area contributed by atoms with Gasteiger partial charge in [-0.3, -0.25) is 39.4 Å².